The molecule has 0 radical (unpaired) electrons. The molecule has 0 aliphatic carbocycles. The molecule has 1 aliphatic heterocycles. The van der Waals surface area contributed by atoms with Gasteiger partial charge in [-0.3, -0.25) is 14.4 Å². The molecule has 1 amide bonds. The van der Waals surface area contributed by atoms with Crippen LogP contribution in [0.25, 0.3) is 0 Å². The molecule has 3 aromatic rings. The van der Waals surface area contributed by atoms with E-state index in [2.05, 4.69) is 21.8 Å². The first kappa shape index (κ1) is 24.3. The summed E-state index contributed by atoms with van der Waals surface area (Å²) in [7, 11) is -4.04. The Balaban J connectivity index is 1.33. The van der Waals surface area contributed by atoms with Gasteiger partial charge in [0.15, 0.2) is 0 Å². The highest BCUT2D eigenvalue weighted by atomic mass is 32.2. The molecule has 0 bridgehead atoms. The van der Waals surface area contributed by atoms with E-state index in [1.165, 1.54) is 41.3 Å². The van der Waals surface area contributed by atoms with Crippen molar-refractivity contribution >= 4 is 33.4 Å². The molecule has 178 valence electrons. The quantitative estimate of drug-likeness (QED) is 0.471. The van der Waals surface area contributed by atoms with Crippen LogP contribution in [0.15, 0.2) is 88.7 Å². The van der Waals surface area contributed by atoms with Gasteiger partial charge in [0.1, 0.15) is 5.82 Å². The number of carbonyl (C=O) groups is 1. The van der Waals surface area contributed by atoms with Gasteiger partial charge >= 0.3 is 0 Å². The number of nitrogens with zero attached hydrogens (tertiary/aromatic N) is 2. The summed E-state index contributed by atoms with van der Waals surface area (Å²) in [5, 5.41) is 0. The first-order valence-corrected chi connectivity index (χ1v) is 13.5. The molecule has 6 nitrogen and oxygen atoms in total. The molecule has 0 spiro atoms. The Kier molecular flexibility index (Phi) is 7.87. The van der Waals surface area contributed by atoms with Crippen molar-refractivity contribution in [2.75, 3.05) is 43.2 Å². The highest BCUT2D eigenvalue weighted by Gasteiger charge is 2.24. The number of piperazine rings is 1. The van der Waals surface area contributed by atoms with Crippen molar-refractivity contribution in [3.05, 3.63) is 90.2 Å². The SMILES string of the molecule is O=C(c1cccc(S(=O)(=O)Nc2ccccc2F)c1)N1CCN(CCSc2ccccc2)CC1. The summed E-state index contributed by atoms with van der Waals surface area (Å²) in [4.78, 5) is 18.3. The molecule has 9 heteroatoms. The number of halogens is 1. The van der Waals surface area contributed by atoms with Crippen LogP contribution in [0.3, 0.4) is 0 Å². The summed E-state index contributed by atoms with van der Waals surface area (Å²) in [5.74, 6) is 0.104. The molecule has 1 heterocycles. The van der Waals surface area contributed by atoms with Crippen LogP contribution in [0.2, 0.25) is 0 Å². The van der Waals surface area contributed by atoms with Crippen LogP contribution in [0, 0.1) is 5.82 Å². The monoisotopic (exact) mass is 499 g/mol. The van der Waals surface area contributed by atoms with E-state index >= 15 is 0 Å². The van der Waals surface area contributed by atoms with E-state index in [1.807, 2.05) is 30.0 Å². The third kappa shape index (κ3) is 6.16. The number of hydrogen-bond donors (Lipinski definition) is 1. The number of nitrogens with one attached hydrogen (secondary N) is 1. The number of anilines is 1. The van der Waals surface area contributed by atoms with E-state index in [1.54, 1.807) is 17.0 Å². The van der Waals surface area contributed by atoms with E-state index in [0.717, 1.165) is 25.4 Å². The first-order valence-electron chi connectivity index (χ1n) is 11.0. The van der Waals surface area contributed by atoms with Crippen molar-refractivity contribution in [3.8, 4) is 0 Å². The first-order chi connectivity index (χ1) is 16.4. The van der Waals surface area contributed by atoms with Crippen molar-refractivity contribution in [1.29, 1.82) is 0 Å². The predicted octanol–water partition coefficient (Wildman–Crippen LogP) is 4.18. The van der Waals surface area contributed by atoms with E-state index in [9.17, 15) is 17.6 Å². The maximum atomic E-state index is 13.9. The fourth-order valence-corrected chi connectivity index (χ4v) is 5.76. The lowest BCUT2D eigenvalue weighted by atomic mass is 10.2. The van der Waals surface area contributed by atoms with Gasteiger partial charge in [0.2, 0.25) is 0 Å². The van der Waals surface area contributed by atoms with Crippen LogP contribution in [-0.2, 0) is 10.0 Å². The molecule has 1 fully saturated rings. The molecule has 34 heavy (non-hydrogen) atoms. The minimum absolute atomic E-state index is 0.0850. The van der Waals surface area contributed by atoms with Crippen molar-refractivity contribution in [2.45, 2.75) is 9.79 Å². The largest absolute Gasteiger partial charge is 0.336 e. The van der Waals surface area contributed by atoms with Gasteiger partial charge in [-0.15, -0.1) is 11.8 Å². The van der Waals surface area contributed by atoms with Crippen LogP contribution in [0.5, 0.6) is 0 Å². The number of sulfonamides is 1. The summed E-state index contributed by atoms with van der Waals surface area (Å²) in [5.41, 5.74) is 0.158. The third-order valence-electron chi connectivity index (χ3n) is 5.59. The summed E-state index contributed by atoms with van der Waals surface area (Å²) < 4.78 is 41.6. The molecule has 0 unspecified atom stereocenters. The minimum atomic E-state index is -4.04. The van der Waals surface area contributed by atoms with Gasteiger partial charge in [0, 0.05) is 48.9 Å². The number of thioether (sulfide) groups is 1. The third-order valence-corrected chi connectivity index (χ3v) is 7.94. The van der Waals surface area contributed by atoms with E-state index in [0.29, 0.717) is 18.7 Å². The maximum Gasteiger partial charge on any atom is 0.262 e. The van der Waals surface area contributed by atoms with E-state index in [4.69, 9.17) is 0 Å². The Morgan fingerprint density at radius 2 is 1.62 bits per heavy atom. The average molecular weight is 500 g/mol. The Bertz CT molecular complexity index is 1230. The molecule has 1 saturated heterocycles. The second kappa shape index (κ2) is 11.0. The van der Waals surface area contributed by atoms with Crippen molar-refractivity contribution in [1.82, 2.24) is 9.80 Å². The molecule has 4 rings (SSSR count). The zero-order valence-electron chi connectivity index (χ0n) is 18.6. The lowest BCUT2D eigenvalue weighted by Crippen LogP contribution is -2.49. The smallest absolute Gasteiger partial charge is 0.262 e. The second-order valence-corrected chi connectivity index (χ2v) is 10.8. The summed E-state index contributed by atoms with van der Waals surface area (Å²) >= 11 is 1.81. The van der Waals surface area contributed by atoms with Gasteiger partial charge in [-0.05, 0) is 42.5 Å². The lowest BCUT2D eigenvalue weighted by Gasteiger charge is -2.34. The number of amides is 1. The predicted molar refractivity (Wildman–Crippen MR) is 133 cm³/mol. The van der Waals surface area contributed by atoms with Gasteiger partial charge in [0.05, 0.1) is 10.6 Å². The Labute approximate surface area is 203 Å². The van der Waals surface area contributed by atoms with Crippen molar-refractivity contribution < 1.29 is 17.6 Å². The molecule has 0 saturated carbocycles. The Morgan fingerprint density at radius 3 is 2.35 bits per heavy atom. The zero-order chi connectivity index (χ0) is 24.0. The van der Waals surface area contributed by atoms with Crippen molar-refractivity contribution in [2.24, 2.45) is 0 Å². The van der Waals surface area contributed by atoms with E-state index in [-0.39, 0.29) is 16.5 Å². The molecular formula is C25H26FN3O3S2. The number of rotatable bonds is 8. The lowest BCUT2D eigenvalue weighted by molar-refractivity contribution is 0.0644. The highest BCUT2D eigenvalue weighted by Crippen LogP contribution is 2.21. The minimum Gasteiger partial charge on any atom is -0.336 e. The second-order valence-electron chi connectivity index (χ2n) is 7.91. The Morgan fingerprint density at radius 1 is 0.912 bits per heavy atom. The molecule has 0 atom stereocenters. The number of carbonyl (C=O) groups excluding carboxylic acids is 1. The molecule has 1 aliphatic rings. The van der Waals surface area contributed by atoms with Gasteiger partial charge < -0.3 is 4.90 Å². The molecule has 0 aromatic heterocycles. The van der Waals surface area contributed by atoms with Crippen LogP contribution in [-0.4, -0.2) is 62.6 Å². The zero-order valence-corrected chi connectivity index (χ0v) is 20.2. The average Bonchev–Trinajstić information content (AvgIpc) is 2.86. The number of para-hydroxylation sites is 1. The fraction of sp³-hybridized carbons (Fsp3) is 0.240. The van der Waals surface area contributed by atoms with Gasteiger partial charge in [-0.25, -0.2) is 12.8 Å². The normalized spacial score (nSPS) is 14.7. The molecular weight excluding hydrogens is 473 g/mol. The summed E-state index contributed by atoms with van der Waals surface area (Å²) in [6.07, 6.45) is 0. The highest BCUT2D eigenvalue weighted by molar-refractivity contribution is 7.99. The molecule has 1 N–H and O–H groups in total. The van der Waals surface area contributed by atoms with Crippen LogP contribution in [0.4, 0.5) is 10.1 Å². The van der Waals surface area contributed by atoms with E-state index < -0.39 is 15.8 Å². The maximum absolute atomic E-state index is 13.9. The van der Waals surface area contributed by atoms with Crippen molar-refractivity contribution in [3.63, 3.8) is 0 Å². The molecule has 3 aromatic carbocycles. The summed E-state index contributed by atoms with van der Waals surface area (Å²) in [6.45, 7) is 3.65. The summed E-state index contributed by atoms with van der Waals surface area (Å²) in [6, 6.07) is 21.7. The van der Waals surface area contributed by atoms with Gasteiger partial charge in [-0.2, -0.15) is 0 Å². The number of benzene rings is 3. The standard InChI is InChI=1S/C25H26FN3O3S2/c26-23-11-4-5-12-24(23)27-34(31,32)22-10-6-7-20(19-22)25(30)29-15-13-28(14-16-29)17-18-33-21-8-2-1-3-9-21/h1-12,19,27H,13-18H2. The number of hydrogen-bond acceptors (Lipinski definition) is 5. The Hall–Kier alpha value is -2.88. The van der Waals surface area contributed by atoms with Crippen LogP contribution < -0.4 is 4.72 Å². The van der Waals surface area contributed by atoms with Crippen LogP contribution >= 0.6 is 11.8 Å². The van der Waals surface area contributed by atoms with Gasteiger partial charge in [0.25, 0.3) is 15.9 Å². The fourth-order valence-electron chi connectivity index (χ4n) is 3.71. The van der Waals surface area contributed by atoms with Gasteiger partial charge in [-0.1, -0.05) is 36.4 Å². The topological polar surface area (TPSA) is 69.7 Å². The van der Waals surface area contributed by atoms with Crippen LogP contribution in [0.1, 0.15) is 10.4 Å².